The van der Waals surface area contributed by atoms with Crippen molar-refractivity contribution in [2.24, 2.45) is 0 Å². The van der Waals surface area contributed by atoms with Crippen molar-refractivity contribution in [3.8, 4) is 39.9 Å². The first-order chi connectivity index (χ1) is 23.8. The van der Waals surface area contributed by atoms with Crippen LogP contribution >= 0.6 is 0 Å². The number of nitro benzene ring substituents is 1. The molecule has 7 aromatic rings. The number of nitrogens with zero attached hydrogens (tertiary/aromatic N) is 7. The topological polar surface area (TPSA) is 130 Å². The molecule has 0 atom stereocenters. The molecule has 10 rings (SSSR count). The fourth-order valence-corrected chi connectivity index (χ4v) is 8.06. The van der Waals surface area contributed by atoms with Crippen molar-refractivity contribution in [3.63, 3.8) is 0 Å². The number of ether oxygens (including phenoxy) is 1. The van der Waals surface area contributed by atoms with Crippen LogP contribution in [0, 0.1) is 24.0 Å². The molecule has 0 N–H and O–H groups in total. The quantitative estimate of drug-likeness (QED) is 0.140. The molecule has 0 amide bonds. The smallest absolute Gasteiger partial charge is 0.279 e. The van der Waals surface area contributed by atoms with E-state index in [1.807, 2.05) is 12.3 Å². The molecule has 0 radical (unpaired) electrons. The van der Waals surface area contributed by atoms with E-state index in [1.165, 1.54) is 22.3 Å². The summed E-state index contributed by atoms with van der Waals surface area (Å²) in [6.45, 7) is 3.86. The maximum absolute atomic E-state index is 12.0. The van der Waals surface area contributed by atoms with E-state index >= 15 is 0 Å². The van der Waals surface area contributed by atoms with Gasteiger partial charge >= 0.3 is 0 Å². The van der Waals surface area contributed by atoms with Gasteiger partial charge in [0.15, 0.2) is 11.3 Å². The van der Waals surface area contributed by atoms with Crippen LogP contribution < -0.4 is 4.74 Å². The van der Waals surface area contributed by atoms with Gasteiger partial charge in [-0.2, -0.15) is 0 Å². The molecule has 6 aromatic heterocycles. The second-order valence-corrected chi connectivity index (χ2v) is 13.5. The number of benzene rings is 1. The van der Waals surface area contributed by atoms with Crippen LogP contribution in [0.4, 0.5) is 5.69 Å². The van der Waals surface area contributed by atoms with E-state index in [2.05, 4.69) is 42.2 Å². The molecule has 0 saturated heterocycles. The molecule has 10 nitrogen and oxygen atoms in total. The number of hydrogen-bond donors (Lipinski definition) is 0. The summed E-state index contributed by atoms with van der Waals surface area (Å²) in [6, 6.07) is 14.5. The second kappa shape index (κ2) is 10.1. The lowest BCUT2D eigenvalue weighted by Gasteiger charge is -2.25. The van der Waals surface area contributed by atoms with Crippen LogP contribution in [0.1, 0.15) is 44.5 Å². The Morgan fingerprint density at radius 3 is 1.67 bits per heavy atom. The zero-order valence-electron chi connectivity index (χ0n) is 27.2. The number of methoxy groups -OCH3 is 1. The van der Waals surface area contributed by atoms with Crippen LogP contribution in [0.25, 0.3) is 67.1 Å². The lowest BCUT2D eigenvalue weighted by Crippen LogP contribution is -2.14. The van der Waals surface area contributed by atoms with Crippen LogP contribution in [0.15, 0.2) is 48.7 Å². The minimum absolute atomic E-state index is 0.0277. The molecule has 10 heteroatoms. The van der Waals surface area contributed by atoms with Crippen molar-refractivity contribution in [1.29, 1.82) is 0 Å². The molecular weight excluding hydrogens is 614 g/mol. The molecule has 0 spiro atoms. The van der Waals surface area contributed by atoms with Gasteiger partial charge in [-0.15, -0.1) is 0 Å². The van der Waals surface area contributed by atoms with Gasteiger partial charge < -0.3 is 4.74 Å². The number of hydrogen-bond acceptors (Lipinski definition) is 9. The van der Waals surface area contributed by atoms with Crippen molar-refractivity contribution in [3.05, 3.63) is 103 Å². The first-order valence-corrected chi connectivity index (χ1v) is 16.6. The number of non-ortho nitro benzene ring substituents is 1. The van der Waals surface area contributed by atoms with E-state index in [9.17, 15) is 10.1 Å². The number of aromatic nitrogens is 6. The van der Waals surface area contributed by atoms with Gasteiger partial charge in [0.05, 0.1) is 51.6 Å². The van der Waals surface area contributed by atoms with Crippen LogP contribution in [0.5, 0.6) is 5.75 Å². The first-order valence-electron chi connectivity index (χ1n) is 16.6. The Bertz CT molecular complexity index is 2670. The van der Waals surface area contributed by atoms with Crippen molar-refractivity contribution >= 4 is 38.7 Å². The van der Waals surface area contributed by atoms with Gasteiger partial charge in [-0.1, -0.05) is 6.07 Å². The number of fused-ring (bicyclic) bond motifs is 12. The van der Waals surface area contributed by atoms with Crippen molar-refractivity contribution < 1.29 is 9.66 Å². The third-order valence-electron chi connectivity index (χ3n) is 10.4. The van der Waals surface area contributed by atoms with E-state index in [0.717, 1.165) is 99.4 Å². The molecule has 3 aliphatic carbocycles. The van der Waals surface area contributed by atoms with Crippen LogP contribution in [-0.2, 0) is 38.5 Å². The van der Waals surface area contributed by atoms with Crippen LogP contribution in [0.2, 0.25) is 0 Å². The number of nitro groups is 1. The van der Waals surface area contributed by atoms with E-state index in [0.29, 0.717) is 34.3 Å². The Balaban J connectivity index is 1.14. The molecule has 6 heterocycles. The third kappa shape index (κ3) is 4.13. The first kappa shape index (κ1) is 28.1. The summed E-state index contributed by atoms with van der Waals surface area (Å²) in [5, 5.41) is 14.5. The molecule has 0 aliphatic heterocycles. The van der Waals surface area contributed by atoms with Gasteiger partial charge in [-0.05, 0) is 122 Å². The number of rotatable bonds is 2. The van der Waals surface area contributed by atoms with E-state index < -0.39 is 0 Å². The van der Waals surface area contributed by atoms with Crippen molar-refractivity contribution in [2.75, 3.05) is 7.11 Å². The SMILES string of the molecule is COc1c(C)cc([N+](=O)[O-])c2cc3c(nc12)-c1nc2nc4c(cc2cc1CC3)CCc1cc2c(nc1-4)-c1nc3ncc(C)cc3cc1CC2. The Morgan fingerprint density at radius 2 is 1.10 bits per heavy atom. The summed E-state index contributed by atoms with van der Waals surface area (Å²) in [4.78, 5) is 41.9. The van der Waals surface area contributed by atoms with E-state index in [4.69, 9.17) is 29.7 Å². The molecule has 238 valence electrons. The summed E-state index contributed by atoms with van der Waals surface area (Å²) < 4.78 is 5.69. The van der Waals surface area contributed by atoms with Gasteiger partial charge in [-0.25, -0.2) is 29.9 Å². The van der Waals surface area contributed by atoms with E-state index in [-0.39, 0.29) is 10.6 Å². The zero-order valence-corrected chi connectivity index (χ0v) is 27.2. The molecule has 1 aromatic carbocycles. The van der Waals surface area contributed by atoms with Crippen LogP contribution in [-0.4, -0.2) is 41.9 Å². The van der Waals surface area contributed by atoms with E-state index in [1.54, 1.807) is 20.1 Å². The predicted molar refractivity (Wildman–Crippen MR) is 187 cm³/mol. The summed E-state index contributed by atoms with van der Waals surface area (Å²) in [6.07, 6.45) is 6.99. The monoisotopic (exact) mass is 643 g/mol. The maximum atomic E-state index is 12.0. The molecule has 0 unspecified atom stereocenters. The number of pyridine rings is 6. The Kier molecular flexibility index (Phi) is 5.77. The van der Waals surface area contributed by atoms with Crippen molar-refractivity contribution in [2.45, 2.75) is 52.4 Å². The normalized spacial score (nSPS) is 14.1. The molecule has 0 fully saturated rings. The summed E-state index contributed by atoms with van der Waals surface area (Å²) in [5.74, 6) is 0.532. The van der Waals surface area contributed by atoms with Gasteiger partial charge in [0.2, 0.25) is 0 Å². The Morgan fingerprint density at radius 1 is 0.612 bits per heavy atom. The summed E-state index contributed by atoms with van der Waals surface area (Å²) in [5.41, 5.74) is 15.5. The maximum Gasteiger partial charge on any atom is 0.279 e. The van der Waals surface area contributed by atoms with Crippen molar-refractivity contribution in [1.82, 2.24) is 29.9 Å². The highest BCUT2D eigenvalue weighted by Gasteiger charge is 2.29. The molecule has 49 heavy (non-hydrogen) atoms. The minimum atomic E-state index is -0.351. The Hall–Kier alpha value is -5.90. The standard InChI is InChI=1S/C39H29N7O3/c1-18-10-26-13-22-6-4-20-12-21-5-7-23-14-27-15-24-8-9-25-16-28-29(46(47)48)11-19(2)37(49-3)36(28)42-32(25)35(24)45-39(27)44-34(23)31(21)41-30(20)33(22)43-38(26)40-17-18/h10-17H,4-9H2,1-3H3. The third-order valence-corrected chi connectivity index (χ3v) is 10.4. The van der Waals surface area contributed by atoms with Gasteiger partial charge in [-0.3, -0.25) is 10.1 Å². The lowest BCUT2D eigenvalue weighted by molar-refractivity contribution is -0.383. The molecular formula is C39H29N7O3. The average molecular weight is 644 g/mol. The second-order valence-electron chi connectivity index (χ2n) is 13.5. The highest BCUT2D eigenvalue weighted by atomic mass is 16.6. The number of aryl methyl sites for hydroxylation is 8. The zero-order chi connectivity index (χ0) is 33.1. The molecule has 3 aliphatic rings. The average Bonchev–Trinajstić information content (AvgIpc) is 3.10. The minimum Gasteiger partial charge on any atom is -0.494 e. The Labute approximate surface area is 280 Å². The van der Waals surface area contributed by atoms with Gasteiger partial charge in [0.1, 0.15) is 11.3 Å². The van der Waals surface area contributed by atoms with Gasteiger partial charge in [0, 0.05) is 28.6 Å². The highest BCUT2D eigenvalue weighted by molar-refractivity contribution is 5.97. The fourth-order valence-electron chi connectivity index (χ4n) is 8.06. The molecule has 0 bridgehead atoms. The lowest BCUT2D eigenvalue weighted by atomic mass is 9.86. The highest BCUT2D eigenvalue weighted by Crippen LogP contribution is 2.43. The summed E-state index contributed by atoms with van der Waals surface area (Å²) >= 11 is 0. The largest absolute Gasteiger partial charge is 0.494 e. The summed E-state index contributed by atoms with van der Waals surface area (Å²) in [7, 11) is 1.57. The van der Waals surface area contributed by atoms with Gasteiger partial charge in [0.25, 0.3) is 5.69 Å². The predicted octanol–water partition coefficient (Wildman–Crippen LogP) is 7.35. The van der Waals surface area contributed by atoms with Crippen LogP contribution in [0.3, 0.4) is 0 Å². The molecule has 0 saturated carbocycles. The fraction of sp³-hybridized carbons (Fsp3) is 0.231.